The third-order valence-corrected chi connectivity index (χ3v) is 6.86. The highest BCUT2D eigenvalue weighted by Crippen LogP contribution is 2.34. The molecule has 0 saturated heterocycles. The highest BCUT2D eigenvalue weighted by atomic mass is 79.9. The van der Waals surface area contributed by atoms with Crippen molar-refractivity contribution in [2.75, 3.05) is 11.9 Å². The van der Waals surface area contributed by atoms with Crippen LogP contribution in [-0.4, -0.2) is 28.4 Å². The van der Waals surface area contributed by atoms with E-state index in [1.807, 2.05) is 19.9 Å². The van der Waals surface area contributed by atoms with Gasteiger partial charge >= 0.3 is 0 Å². The number of nitrogens with one attached hydrogen (secondary N) is 1. The highest BCUT2D eigenvalue weighted by Gasteiger charge is 2.15. The average molecular weight is 695 g/mol. The molecule has 7 nitrogen and oxygen atoms in total. The Morgan fingerprint density at radius 1 is 1.14 bits per heavy atom. The minimum atomic E-state index is -0.532. The van der Waals surface area contributed by atoms with E-state index in [4.69, 9.17) is 4.74 Å². The maximum Gasteiger partial charge on any atom is 0.282 e. The predicted octanol–water partition coefficient (Wildman–Crippen LogP) is 6.85. The van der Waals surface area contributed by atoms with Gasteiger partial charge in [-0.3, -0.25) is 9.59 Å². The molecule has 190 valence electrons. The Hall–Kier alpha value is -2.89. The molecule has 1 N–H and O–H groups in total. The van der Waals surface area contributed by atoms with Crippen LogP contribution in [0.3, 0.4) is 0 Å². The van der Waals surface area contributed by atoms with Crippen molar-refractivity contribution in [2.45, 2.75) is 19.8 Å². The Balaban J connectivity index is 1.56. The molecule has 37 heavy (non-hydrogen) atoms. The molecule has 0 atom stereocenters. The zero-order chi connectivity index (χ0) is 26.7. The second-order valence-electron chi connectivity index (χ2n) is 8.28. The number of benzene rings is 3. The van der Waals surface area contributed by atoms with Crippen LogP contribution in [-0.2, 0) is 4.79 Å². The van der Waals surface area contributed by atoms with E-state index in [1.165, 1.54) is 22.9 Å². The quantitative estimate of drug-likeness (QED) is 0.215. The number of amides is 1. The minimum absolute atomic E-state index is 0.0392. The van der Waals surface area contributed by atoms with Gasteiger partial charge in [0, 0.05) is 10.4 Å². The monoisotopic (exact) mass is 692 g/mol. The Labute approximate surface area is 237 Å². The topological polar surface area (TPSA) is 85.6 Å². The van der Waals surface area contributed by atoms with Crippen LogP contribution in [0.15, 0.2) is 77.9 Å². The molecule has 4 aromatic rings. The Morgan fingerprint density at radius 3 is 2.51 bits per heavy atom. The molecular formula is C26H20Br3FN4O3. The standard InChI is InChI=1S/C26H20Br3FN4O3/c1-14(2)25-33-21-8-7-16(27)11-17(21)26(36)34(25)31-12-15-9-18(28)24(19(29)10-15)37-13-23(35)32-22-6-4-3-5-20(22)30/h3-12,14H,13H2,1-2H3,(H,32,35). The van der Waals surface area contributed by atoms with Crippen molar-refractivity contribution < 1.29 is 13.9 Å². The van der Waals surface area contributed by atoms with Crippen molar-refractivity contribution in [1.29, 1.82) is 0 Å². The van der Waals surface area contributed by atoms with E-state index in [0.717, 1.165) is 4.47 Å². The zero-order valence-electron chi connectivity index (χ0n) is 19.6. The molecule has 0 saturated carbocycles. The van der Waals surface area contributed by atoms with Gasteiger partial charge in [0.1, 0.15) is 17.4 Å². The largest absolute Gasteiger partial charge is 0.481 e. The summed E-state index contributed by atoms with van der Waals surface area (Å²) in [5.74, 6) is -0.155. The molecule has 4 rings (SSSR count). The fourth-order valence-corrected chi connectivity index (χ4v) is 5.27. The first-order valence-electron chi connectivity index (χ1n) is 11.1. The van der Waals surface area contributed by atoms with Crippen molar-refractivity contribution in [3.8, 4) is 5.75 Å². The van der Waals surface area contributed by atoms with Crippen molar-refractivity contribution >= 4 is 76.5 Å². The van der Waals surface area contributed by atoms with Gasteiger partial charge in [0.15, 0.2) is 6.61 Å². The first kappa shape index (κ1) is 27.2. The number of rotatable bonds is 7. The third kappa shape index (κ3) is 6.34. The molecule has 1 heterocycles. The Bertz CT molecular complexity index is 1560. The first-order valence-corrected chi connectivity index (χ1v) is 13.4. The molecule has 1 aromatic heterocycles. The lowest BCUT2D eigenvalue weighted by atomic mass is 10.2. The summed E-state index contributed by atoms with van der Waals surface area (Å²) in [6.45, 7) is 3.56. The van der Waals surface area contributed by atoms with Crippen LogP contribution in [0.1, 0.15) is 31.2 Å². The summed E-state index contributed by atoms with van der Waals surface area (Å²) in [5, 5.41) is 7.36. The van der Waals surface area contributed by atoms with Crippen LogP contribution in [0.2, 0.25) is 0 Å². The number of aromatic nitrogens is 2. The number of para-hydroxylation sites is 1. The van der Waals surface area contributed by atoms with E-state index in [2.05, 4.69) is 63.2 Å². The molecule has 0 aliphatic heterocycles. The number of halogens is 4. The fourth-order valence-electron chi connectivity index (χ4n) is 3.45. The number of hydrogen-bond acceptors (Lipinski definition) is 5. The summed E-state index contributed by atoms with van der Waals surface area (Å²) in [7, 11) is 0. The van der Waals surface area contributed by atoms with Crippen LogP contribution in [0.5, 0.6) is 5.75 Å². The summed E-state index contributed by atoms with van der Waals surface area (Å²) in [5.41, 5.74) is 1.07. The maximum absolute atomic E-state index is 13.8. The summed E-state index contributed by atoms with van der Waals surface area (Å²) >= 11 is 10.3. The molecule has 0 bridgehead atoms. The van der Waals surface area contributed by atoms with Crippen molar-refractivity contribution in [2.24, 2.45) is 5.10 Å². The van der Waals surface area contributed by atoms with Gasteiger partial charge in [-0.05, 0) is 79.9 Å². The van der Waals surface area contributed by atoms with Gasteiger partial charge in [0.25, 0.3) is 11.5 Å². The molecular weight excluding hydrogens is 675 g/mol. The van der Waals surface area contributed by atoms with E-state index in [-0.39, 0.29) is 23.8 Å². The molecule has 0 unspecified atom stereocenters. The van der Waals surface area contributed by atoms with E-state index >= 15 is 0 Å². The molecule has 0 aliphatic carbocycles. The number of hydrogen-bond donors (Lipinski definition) is 1. The van der Waals surface area contributed by atoms with Crippen molar-refractivity contribution in [1.82, 2.24) is 9.66 Å². The van der Waals surface area contributed by atoms with Crippen molar-refractivity contribution in [3.05, 3.63) is 95.6 Å². The summed E-state index contributed by atoms with van der Waals surface area (Å²) in [6.07, 6.45) is 1.54. The minimum Gasteiger partial charge on any atom is -0.481 e. The first-order chi connectivity index (χ1) is 17.6. The highest BCUT2D eigenvalue weighted by molar-refractivity contribution is 9.11. The van der Waals surface area contributed by atoms with Crippen LogP contribution in [0.4, 0.5) is 10.1 Å². The molecule has 1 amide bonds. The van der Waals surface area contributed by atoms with Gasteiger partial charge in [-0.1, -0.05) is 41.9 Å². The van der Waals surface area contributed by atoms with Crippen LogP contribution < -0.4 is 15.6 Å². The summed E-state index contributed by atoms with van der Waals surface area (Å²) < 4.78 is 22.6. The molecule has 11 heteroatoms. The number of nitrogens with zero attached hydrogens (tertiary/aromatic N) is 3. The van der Waals surface area contributed by atoms with Gasteiger partial charge in [-0.25, -0.2) is 9.37 Å². The smallest absolute Gasteiger partial charge is 0.282 e. The SMILES string of the molecule is CC(C)c1nc2ccc(Br)cc2c(=O)n1N=Cc1cc(Br)c(OCC(=O)Nc2ccccc2F)c(Br)c1. The maximum atomic E-state index is 13.8. The van der Waals surface area contributed by atoms with Gasteiger partial charge in [0.05, 0.1) is 31.8 Å². The lowest BCUT2D eigenvalue weighted by Crippen LogP contribution is -2.23. The van der Waals surface area contributed by atoms with Crippen LogP contribution >= 0.6 is 47.8 Å². The molecule has 0 radical (unpaired) electrons. The molecule has 3 aromatic carbocycles. The van der Waals surface area contributed by atoms with Crippen molar-refractivity contribution in [3.63, 3.8) is 0 Å². The lowest BCUT2D eigenvalue weighted by molar-refractivity contribution is -0.118. The van der Waals surface area contributed by atoms with Crippen LogP contribution in [0.25, 0.3) is 10.9 Å². The number of carbonyl (C=O) groups is 1. The third-order valence-electron chi connectivity index (χ3n) is 5.19. The average Bonchev–Trinajstić information content (AvgIpc) is 2.84. The fraction of sp³-hybridized carbons (Fsp3) is 0.154. The second kappa shape index (κ2) is 11.7. The number of anilines is 1. The molecule has 0 spiro atoms. The lowest BCUT2D eigenvalue weighted by Gasteiger charge is -2.13. The van der Waals surface area contributed by atoms with E-state index in [9.17, 15) is 14.0 Å². The zero-order valence-corrected chi connectivity index (χ0v) is 24.4. The van der Waals surface area contributed by atoms with Gasteiger partial charge < -0.3 is 10.1 Å². The second-order valence-corrected chi connectivity index (χ2v) is 10.9. The van der Waals surface area contributed by atoms with Gasteiger partial charge in [0.2, 0.25) is 0 Å². The van der Waals surface area contributed by atoms with E-state index in [1.54, 1.807) is 36.5 Å². The number of ether oxygens (including phenoxy) is 1. The van der Waals surface area contributed by atoms with Gasteiger partial charge in [-0.2, -0.15) is 9.78 Å². The predicted molar refractivity (Wildman–Crippen MR) is 153 cm³/mol. The normalized spacial score (nSPS) is 11.4. The Morgan fingerprint density at radius 2 is 1.84 bits per heavy atom. The number of fused-ring (bicyclic) bond motifs is 1. The van der Waals surface area contributed by atoms with E-state index in [0.29, 0.717) is 37.0 Å². The molecule has 0 aliphatic rings. The number of carbonyl (C=O) groups excluding carboxylic acids is 1. The van der Waals surface area contributed by atoms with E-state index < -0.39 is 11.7 Å². The molecule has 0 fully saturated rings. The van der Waals surface area contributed by atoms with Gasteiger partial charge in [-0.15, -0.1) is 0 Å². The van der Waals surface area contributed by atoms with Crippen LogP contribution in [0, 0.1) is 5.82 Å². The summed E-state index contributed by atoms with van der Waals surface area (Å²) in [6, 6.07) is 14.7. The summed E-state index contributed by atoms with van der Waals surface area (Å²) in [4.78, 5) is 30.1. The Kier molecular flexibility index (Phi) is 8.56.